The maximum Gasteiger partial charge on any atom is 0.153 e. The van der Waals surface area contributed by atoms with E-state index in [0.29, 0.717) is 24.5 Å². The van der Waals surface area contributed by atoms with Gasteiger partial charge in [0.15, 0.2) is 6.29 Å². The molecule has 0 aliphatic rings. The molecule has 0 heterocycles. The molecule has 0 aromatic heterocycles. The van der Waals surface area contributed by atoms with Crippen molar-refractivity contribution in [2.24, 2.45) is 0 Å². The number of benzene rings is 1. The van der Waals surface area contributed by atoms with Gasteiger partial charge in [0.2, 0.25) is 0 Å². The quantitative estimate of drug-likeness (QED) is 0.238. The van der Waals surface area contributed by atoms with Crippen molar-refractivity contribution in [3.8, 4) is 5.75 Å². The molecule has 0 radical (unpaired) electrons. The molecule has 0 N–H and O–H groups in total. The average Bonchev–Trinajstić information content (AvgIpc) is 2.46. The highest BCUT2D eigenvalue weighted by Crippen LogP contribution is 2.16. The highest BCUT2D eigenvalue weighted by Gasteiger charge is 2.02. The zero-order chi connectivity index (χ0) is 14.8. The minimum absolute atomic E-state index is 0.360. The Balaban J connectivity index is 2.54. The Bertz CT molecular complexity index is 503. The van der Waals surface area contributed by atoms with Gasteiger partial charge in [-0.15, -0.1) is 0 Å². The minimum atomic E-state index is 0.360. The molecule has 0 atom stereocenters. The minimum Gasteiger partial charge on any atom is -0.490 e. The maximum atomic E-state index is 10.9. The van der Waals surface area contributed by atoms with Crippen LogP contribution in [0.3, 0.4) is 0 Å². The third-order valence-electron chi connectivity index (χ3n) is 2.64. The number of carbonyl (C=O) groups is 1. The van der Waals surface area contributed by atoms with Gasteiger partial charge in [0.05, 0.1) is 5.57 Å². The topological polar surface area (TPSA) is 35.5 Å². The first-order valence-corrected chi connectivity index (χ1v) is 6.48. The van der Waals surface area contributed by atoms with Gasteiger partial charge in [0, 0.05) is 0 Å². The summed E-state index contributed by atoms with van der Waals surface area (Å²) in [6.45, 7) is 8.21. The fourth-order valence-corrected chi connectivity index (χ4v) is 1.61. The third-order valence-corrected chi connectivity index (χ3v) is 2.64. The van der Waals surface area contributed by atoms with E-state index in [1.165, 1.54) is 6.08 Å². The molecule has 1 aromatic rings. The molecule has 0 aliphatic heterocycles. The molecule has 1 aromatic carbocycles. The van der Waals surface area contributed by atoms with E-state index in [0.717, 1.165) is 17.6 Å². The van der Waals surface area contributed by atoms with E-state index in [1.54, 1.807) is 6.08 Å². The Hall–Kier alpha value is -2.29. The maximum absolute atomic E-state index is 10.9. The van der Waals surface area contributed by atoms with Gasteiger partial charge < -0.3 is 9.47 Å². The van der Waals surface area contributed by atoms with Crippen LogP contribution in [-0.2, 0) is 9.53 Å². The summed E-state index contributed by atoms with van der Waals surface area (Å²) in [6, 6.07) is 7.80. The van der Waals surface area contributed by atoms with Crippen LogP contribution < -0.4 is 4.74 Å². The third kappa shape index (κ3) is 4.76. The van der Waals surface area contributed by atoms with Crippen molar-refractivity contribution < 1.29 is 14.3 Å². The van der Waals surface area contributed by atoms with Crippen LogP contribution in [0.5, 0.6) is 5.75 Å². The first-order chi connectivity index (χ1) is 9.72. The van der Waals surface area contributed by atoms with Gasteiger partial charge in [-0.1, -0.05) is 36.9 Å². The molecular weight excluding hydrogens is 252 g/mol. The number of para-hydroxylation sites is 1. The summed E-state index contributed by atoms with van der Waals surface area (Å²) in [7, 11) is 0. The molecule has 3 heteroatoms. The number of aryl methyl sites for hydroxylation is 1. The highest BCUT2D eigenvalue weighted by molar-refractivity contribution is 5.78. The van der Waals surface area contributed by atoms with Crippen molar-refractivity contribution in [2.75, 3.05) is 13.2 Å². The van der Waals surface area contributed by atoms with E-state index >= 15 is 0 Å². The molecule has 0 unspecified atom stereocenters. The second-order valence-corrected chi connectivity index (χ2v) is 4.10. The second kappa shape index (κ2) is 8.75. The molecule has 0 amide bonds. The van der Waals surface area contributed by atoms with E-state index in [9.17, 15) is 4.79 Å². The molecule has 0 bridgehead atoms. The number of carbonyl (C=O) groups excluding carboxylic acids is 1. The monoisotopic (exact) mass is 272 g/mol. The zero-order valence-electron chi connectivity index (χ0n) is 12.0. The lowest BCUT2D eigenvalue weighted by molar-refractivity contribution is -0.104. The smallest absolute Gasteiger partial charge is 0.153 e. The number of rotatable bonds is 8. The van der Waals surface area contributed by atoms with E-state index in [2.05, 4.69) is 6.58 Å². The summed E-state index contributed by atoms with van der Waals surface area (Å²) >= 11 is 0. The molecule has 0 aliphatic carbocycles. The van der Waals surface area contributed by atoms with Crippen LogP contribution in [0.15, 0.2) is 60.4 Å². The summed E-state index contributed by atoms with van der Waals surface area (Å²) < 4.78 is 11.2. The van der Waals surface area contributed by atoms with Crippen molar-refractivity contribution in [3.05, 3.63) is 66.0 Å². The molecule has 1 rings (SSSR count). The molecule has 20 heavy (non-hydrogen) atoms. The van der Waals surface area contributed by atoms with Gasteiger partial charge in [0.25, 0.3) is 0 Å². The Morgan fingerprint density at radius 3 is 2.65 bits per heavy atom. The Morgan fingerprint density at radius 2 is 2.05 bits per heavy atom. The van der Waals surface area contributed by atoms with Crippen molar-refractivity contribution in [3.63, 3.8) is 0 Å². The molecule has 0 saturated heterocycles. The van der Waals surface area contributed by atoms with Crippen LogP contribution in [0, 0.1) is 6.92 Å². The van der Waals surface area contributed by atoms with Crippen LogP contribution in [-0.4, -0.2) is 19.5 Å². The van der Waals surface area contributed by atoms with E-state index in [4.69, 9.17) is 9.47 Å². The largest absolute Gasteiger partial charge is 0.490 e. The number of allylic oxidation sites excluding steroid dienone is 4. The Morgan fingerprint density at radius 1 is 1.30 bits per heavy atom. The first-order valence-electron chi connectivity index (χ1n) is 6.48. The molecule has 0 spiro atoms. The van der Waals surface area contributed by atoms with Crippen LogP contribution in [0.1, 0.15) is 12.5 Å². The molecule has 106 valence electrons. The predicted octanol–water partition coefficient (Wildman–Crippen LogP) is 3.61. The van der Waals surface area contributed by atoms with E-state index < -0.39 is 0 Å². The predicted molar refractivity (Wildman–Crippen MR) is 80.7 cm³/mol. The Kier molecular flexibility index (Phi) is 6.90. The van der Waals surface area contributed by atoms with Gasteiger partial charge >= 0.3 is 0 Å². The van der Waals surface area contributed by atoms with Crippen molar-refractivity contribution in [1.29, 1.82) is 0 Å². The zero-order valence-corrected chi connectivity index (χ0v) is 12.0. The SMILES string of the molecule is C=C/C(C=O)=C(\C=C/C)OCCOc1ccccc1C. The fraction of sp³-hybridized carbons (Fsp3) is 0.235. The second-order valence-electron chi connectivity index (χ2n) is 4.10. The fourth-order valence-electron chi connectivity index (χ4n) is 1.61. The lowest BCUT2D eigenvalue weighted by Crippen LogP contribution is -2.08. The highest BCUT2D eigenvalue weighted by atomic mass is 16.5. The number of hydrogen-bond donors (Lipinski definition) is 0. The van der Waals surface area contributed by atoms with E-state index in [-0.39, 0.29) is 0 Å². The van der Waals surface area contributed by atoms with Crippen molar-refractivity contribution >= 4 is 6.29 Å². The lowest BCUT2D eigenvalue weighted by Gasteiger charge is -2.11. The van der Waals surface area contributed by atoms with Gasteiger partial charge in [-0.05, 0) is 31.6 Å². The van der Waals surface area contributed by atoms with Gasteiger partial charge in [-0.2, -0.15) is 0 Å². The summed E-state index contributed by atoms with van der Waals surface area (Å²) in [4.78, 5) is 10.9. The van der Waals surface area contributed by atoms with Crippen molar-refractivity contribution in [1.82, 2.24) is 0 Å². The molecular formula is C17H20O3. The summed E-state index contributed by atoms with van der Waals surface area (Å²) in [5.41, 5.74) is 1.51. The first kappa shape index (κ1) is 15.8. The summed E-state index contributed by atoms with van der Waals surface area (Å²) in [5.74, 6) is 1.35. The summed E-state index contributed by atoms with van der Waals surface area (Å²) in [6.07, 6.45) is 5.75. The number of ether oxygens (including phenoxy) is 2. The molecule has 0 fully saturated rings. The van der Waals surface area contributed by atoms with Crippen LogP contribution in [0.4, 0.5) is 0 Å². The number of aldehydes is 1. The van der Waals surface area contributed by atoms with Gasteiger partial charge in [-0.3, -0.25) is 4.79 Å². The van der Waals surface area contributed by atoms with Crippen LogP contribution in [0.2, 0.25) is 0 Å². The number of hydrogen-bond acceptors (Lipinski definition) is 3. The van der Waals surface area contributed by atoms with E-state index in [1.807, 2.05) is 44.2 Å². The van der Waals surface area contributed by atoms with Crippen LogP contribution >= 0.6 is 0 Å². The summed E-state index contributed by atoms with van der Waals surface area (Å²) in [5, 5.41) is 0. The normalized spacial score (nSPS) is 11.9. The Labute approximate surface area is 120 Å². The standard InChI is InChI=1S/C17H20O3/c1-4-8-17(15(5-2)13-18)20-12-11-19-16-10-7-6-9-14(16)3/h4-10,13H,2,11-12H2,1,3H3/b8-4-,17-15-. The van der Waals surface area contributed by atoms with Gasteiger partial charge in [0.1, 0.15) is 24.7 Å². The lowest BCUT2D eigenvalue weighted by atomic mass is 10.2. The van der Waals surface area contributed by atoms with Crippen molar-refractivity contribution in [2.45, 2.75) is 13.8 Å². The average molecular weight is 272 g/mol. The van der Waals surface area contributed by atoms with Crippen LogP contribution in [0.25, 0.3) is 0 Å². The van der Waals surface area contributed by atoms with Gasteiger partial charge in [-0.25, -0.2) is 0 Å². The molecule has 0 saturated carbocycles. The molecule has 3 nitrogen and oxygen atoms in total.